The number of rotatable bonds is 2. The van der Waals surface area contributed by atoms with E-state index in [0.717, 1.165) is 32.0 Å². The molecule has 98 valence electrons. The third-order valence-electron chi connectivity index (χ3n) is 3.21. The summed E-state index contributed by atoms with van der Waals surface area (Å²) in [4.78, 5) is 22.8. The zero-order valence-electron chi connectivity index (χ0n) is 11.2. The minimum Gasteiger partial charge on any atom is -0.444 e. The number of aldehydes is 1. The molecule has 1 fully saturated rings. The van der Waals surface area contributed by atoms with Crippen molar-refractivity contribution in [3.63, 3.8) is 0 Å². The number of hydrogen-bond acceptors (Lipinski definition) is 3. The highest BCUT2D eigenvalue weighted by Gasteiger charge is 2.38. The van der Waals surface area contributed by atoms with E-state index >= 15 is 0 Å². The highest BCUT2D eigenvalue weighted by molar-refractivity contribution is 5.70. The highest BCUT2D eigenvalue weighted by Crippen LogP contribution is 2.34. The van der Waals surface area contributed by atoms with Crippen molar-refractivity contribution >= 4 is 12.4 Å². The molecule has 0 aromatic heterocycles. The fourth-order valence-corrected chi connectivity index (χ4v) is 2.19. The normalized spacial score (nSPS) is 29.5. The first-order chi connectivity index (χ1) is 7.77. The van der Waals surface area contributed by atoms with Crippen LogP contribution in [0.15, 0.2) is 0 Å². The van der Waals surface area contributed by atoms with Crippen molar-refractivity contribution in [2.45, 2.75) is 65.0 Å². The van der Waals surface area contributed by atoms with Crippen molar-refractivity contribution in [2.75, 3.05) is 0 Å². The summed E-state index contributed by atoms with van der Waals surface area (Å²) < 4.78 is 5.21. The van der Waals surface area contributed by atoms with E-state index in [4.69, 9.17) is 4.74 Å². The Bertz CT molecular complexity index is 296. The Labute approximate surface area is 103 Å². The second kappa shape index (κ2) is 5.07. The van der Waals surface area contributed by atoms with Crippen molar-refractivity contribution in [1.29, 1.82) is 0 Å². The fraction of sp³-hybridized carbons (Fsp3) is 0.846. The van der Waals surface area contributed by atoms with Gasteiger partial charge in [-0.15, -0.1) is 0 Å². The van der Waals surface area contributed by atoms with Gasteiger partial charge in [-0.1, -0.05) is 19.8 Å². The molecule has 0 bridgehead atoms. The van der Waals surface area contributed by atoms with Crippen LogP contribution in [0.5, 0.6) is 0 Å². The Kier molecular flexibility index (Phi) is 4.17. The Morgan fingerprint density at radius 2 is 2.06 bits per heavy atom. The van der Waals surface area contributed by atoms with Gasteiger partial charge in [0.1, 0.15) is 11.9 Å². The third kappa shape index (κ3) is 4.02. The molecule has 0 saturated heterocycles. The molecule has 0 unspecified atom stereocenters. The molecule has 0 aromatic rings. The molecule has 1 aliphatic carbocycles. The first kappa shape index (κ1) is 14.0. The Morgan fingerprint density at radius 3 is 2.59 bits per heavy atom. The number of alkyl carbamates (subject to hydrolysis) is 1. The molecule has 0 radical (unpaired) electrons. The summed E-state index contributed by atoms with van der Waals surface area (Å²) in [6, 6.07) is -0.108. The molecule has 4 heteroatoms. The lowest BCUT2D eigenvalue weighted by Crippen LogP contribution is -2.50. The lowest BCUT2D eigenvalue weighted by molar-refractivity contribution is -0.118. The number of nitrogens with one attached hydrogen (secondary N) is 1. The van der Waals surface area contributed by atoms with Crippen molar-refractivity contribution in [3.8, 4) is 0 Å². The molecule has 4 nitrogen and oxygen atoms in total. The first-order valence-corrected chi connectivity index (χ1v) is 6.23. The SMILES string of the molecule is CC(C)(C)OC(=O)N[C@@H]1CCCC[C@@]1(C)C=O. The first-order valence-electron chi connectivity index (χ1n) is 6.23. The topological polar surface area (TPSA) is 55.4 Å². The highest BCUT2D eigenvalue weighted by atomic mass is 16.6. The minimum absolute atomic E-state index is 0.108. The Morgan fingerprint density at radius 1 is 1.41 bits per heavy atom. The predicted molar refractivity (Wildman–Crippen MR) is 65.8 cm³/mol. The number of carbonyl (C=O) groups is 2. The fourth-order valence-electron chi connectivity index (χ4n) is 2.19. The van der Waals surface area contributed by atoms with Gasteiger partial charge in [-0.2, -0.15) is 0 Å². The van der Waals surface area contributed by atoms with Gasteiger partial charge in [0, 0.05) is 11.5 Å². The number of amides is 1. The molecular weight excluding hydrogens is 218 g/mol. The molecule has 17 heavy (non-hydrogen) atoms. The molecule has 0 aliphatic heterocycles. The quantitative estimate of drug-likeness (QED) is 0.756. The third-order valence-corrected chi connectivity index (χ3v) is 3.21. The van der Waals surface area contributed by atoms with Gasteiger partial charge in [-0.05, 0) is 33.6 Å². The zero-order valence-corrected chi connectivity index (χ0v) is 11.2. The summed E-state index contributed by atoms with van der Waals surface area (Å²) in [5.41, 5.74) is -0.953. The van der Waals surface area contributed by atoms with Gasteiger partial charge in [-0.3, -0.25) is 0 Å². The zero-order chi connectivity index (χ0) is 13.1. The van der Waals surface area contributed by atoms with Crippen LogP contribution in [0.1, 0.15) is 53.4 Å². The van der Waals surface area contributed by atoms with Gasteiger partial charge in [0.25, 0.3) is 0 Å². The van der Waals surface area contributed by atoms with E-state index in [2.05, 4.69) is 5.32 Å². The maximum atomic E-state index is 11.7. The predicted octanol–water partition coefficient (Wildman–Crippen LogP) is 2.66. The summed E-state index contributed by atoms with van der Waals surface area (Å²) in [6.45, 7) is 7.38. The summed E-state index contributed by atoms with van der Waals surface area (Å²) in [7, 11) is 0. The van der Waals surface area contributed by atoms with E-state index in [1.807, 2.05) is 27.7 Å². The maximum absolute atomic E-state index is 11.7. The summed E-state index contributed by atoms with van der Waals surface area (Å²) in [6.07, 6.45) is 4.29. The van der Waals surface area contributed by atoms with Crippen molar-refractivity contribution < 1.29 is 14.3 Å². The Balaban J connectivity index is 2.60. The summed E-state index contributed by atoms with van der Waals surface area (Å²) >= 11 is 0. The van der Waals surface area contributed by atoms with Crippen LogP contribution in [0.4, 0.5) is 4.79 Å². The average Bonchev–Trinajstić information content (AvgIpc) is 2.19. The number of ether oxygens (including phenoxy) is 1. The van der Waals surface area contributed by atoms with E-state index in [1.54, 1.807) is 0 Å². The Hall–Kier alpha value is -1.06. The molecule has 2 atom stereocenters. The van der Waals surface area contributed by atoms with Crippen molar-refractivity contribution in [3.05, 3.63) is 0 Å². The number of carbonyl (C=O) groups excluding carboxylic acids is 2. The molecule has 1 rings (SSSR count). The van der Waals surface area contributed by atoms with Crippen LogP contribution in [0.25, 0.3) is 0 Å². The molecule has 0 heterocycles. The van der Waals surface area contributed by atoms with Crippen LogP contribution < -0.4 is 5.32 Å². The summed E-state index contributed by atoms with van der Waals surface area (Å²) in [5, 5.41) is 2.82. The lowest BCUT2D eigenvalue weighted by atomic mass is 9.73. The molecular formula is C13H23NO3. The largest absolute Gasteiger partial charge is 0.444 e. The van der Waals surface area contributed by atoms with Gasteiger partial charge in [0.05, 0.1) is 0 Å². The maximum Gasteiger partial charge on any atom is 0.407 e. The van der Waals surface area contributed by atoms with Gasteiger partial charge in [0.2, 0.25) is 0 Å². The van der Waals surface area contributed by atoms with Crippen LogP contribution in [-0.2, 0) is 9.53 Å². The molecule has 0 spiro atoms. The molecule has 0 aromatic carbocycles. The van der Waals surface area contributed by atoms with E-state index in [0.29, 0.717) is 0 Å². The van der Waals surface area contributed by atoms with E-state index < -0.39 is 17.1 Å². The average molecular weight is 241 g/mol. The van der Waals surface area contributed by atoms with E-state index in [1.165, 1.54) is 0 Å². The van der Waals surface area contributed by atoms with Gasteiger partial charge < -0.3 is 14.8 Å². The van der Waals surface area contributed by atoms with Crippen LogP contribution in [-0.4, -0.2) is 24.0 Å². The second-order valence-electron chi connectivity index (χ2n) is 6.07. The van der Waals surface area contributed by atoms with Gasteiger partial charge >= 0.3 is 6.09 Å². The van der Waals surface area contributed by atoms with Crippen molar-refractivity contribution in [1.82, 2.24) is 5.32 Å². The number of hydrogen-bond donors (Lipinski definition) is 1. The standard InChI is InChI=1S/C13H23NO3/c1-12(2,3)17-11(16)14-10-7-5-6-8-13(10,4)9-15/h9-10H,5-8H2,1-4H3,(H,14,16)/t10-,13+/m1/s1. The summed E-state index contributed by atoms with van der Waals surface area (Å²) in [5.74, 6) is 0. The van der Waals surface area contributed by atoms with Gasteiger partial charge in [0.15, 0.2) is 0 Å². The monoisotopic (exact) mass is 241 g/mol. The van der Waals surface area contributed by atoms with E-state index in [9.17, 15) is 9.59 Å². The van der Waals surface area contributed by atoms with Crippen LogP contribution in [0.2, 0.25) is 0 Å². The van der Waals surface area contributed by atoms with Crippen molar-refractivity contribution in [2.24, 2.45) is 5.41 Å². The lowest BCUT2D eigenvalue weighted by Gasteiger charge is -2.37. The van der Waals surface area contributed by atoms with Crippen LogP contribution in [0, 0.1) is 5.41 Å². The van der Waals surface area contributed by atoms with Crippen LogP contribution in [0.3, 0.4) is 0 Å². The van der Waals surface area contributed by atoms with Crippen LogP contribution >= 0.6 is 0 Å². The smallest absolute Gasteiger partial charge is 0.407 e. The molecule has 1 aliphatic rings. The second-order valence-corrected chi connectivity index (χ2v) is 6.07. The molecule has 1 saturated carbocycles. The van der Waals surface area contributed by atoms with Gasteiger partial charge in [-0.25, -0.2) is 4.79 Å². The van der Waals surface area contributed by atoms with E-state index in [-0.39, 0.29) is 6.04 Å². The molecule has 1 amide bonds. The minimum atomic E-state index is -0.504. The molecule has 1 N–H and O–H groups in total.